The maximum absolute atomic E-state index is 12.6. The van der Waals surface area contributed by atoms with Crippen LogP contribution in [0.25, 0.3) is 0 Å². The summed E-state index contributed by atoms with van der Waals surface area (Å²) >= 11 is 0. The lowest BCUT2D eigenvalue weighted by Crippen LogP contribution is -2.49. The first-order valence-corrected chi connectivity index (χ1v) is 11.0. The quantitative estimate of drug-likeness (QED) is 0.791. The molecule has 3 fully saturated rings. The zero-order valence-electron chi connectivity index (χ0n) is 18.0. The molecule has 3 aliphatic rings. The lowest BCUT2D eigenvalue weighted by atomic mass is 9.98. The van der Waals surface area contributed by atoms with Crippen molar-refractivity contribution in [3.05, 3.63) is 0 Å². The van der Waals surface area contributed by atoms with Crippen molar-refractivity contribution >= 4 is 11.8 Å². The summed E-state index contributed by atoms with van der Waals surface area (Å²) in [7, 11) is 0. The molecule has 0 spiro atoms. The van der Waals surface area contributed by atoms with Crippen molar-refractivity contribution in [2.45, 2.75) is 66.0 Å². The van der Waals surface area contributed by atoms with Gasteiger partial charge >= 0.3 is 0 Å². The van der Waals surface area contributed by atoms with Crippen molar-refractivity contribution < 1.29 is 11.0 Å². The van der Waals surface area contributed by atoms with E-state index >= 15 is 0 Å². The van der Waals surface area contributed by atoms with E-state index < -0.39 is 0 Å². The summed E-state index contributed by atoms with van der Waals surface area (Å²) in [5, 5.41) is 3.08. The second-order valence-electron chi connectivity index (χ2n) is 8.33. The van der Waals surface area contributed by atoms with Crippen LogP contribution in [0, 0.1) is 11.8 Å². The normalized spacial score (nSPS) is 28.7. The molecule has 3 atom stereocenters. The maximum atomic E-state index is 12.6. The Morgan fingerprint density at radius 3 is 2.33 bits per heavy atom. The summed E-state index contributed by atoms with van der Waals surface area (Å²) in [6.07, 6.45) is 2.83. The van der Waals surface area contributed by atoms with Crippen LogP contribution in [0.2, 0.25) is 0 Å². The molecule has 0 radical (unpaired) electrons. The SMILES string of the molecule is CC.CC(=O)NC1CCC2CN(C(=O)CCN3CCN(C(C)C)CC3)CC21.[HH]. The van der Waals surface area contributed by atoms with E-state index in [-0.39, 0.29) is 13.4 Å². The van der Waals surface area contributed by atoms with Crippen molar-refractivity contribution in [1.82, 2.24) is 20.0 Å². The number of likely N-dealkylation sites (tertiary alicyclic amines) is 1. The minimum absolute atomic E-state index is 0. The minimum atomic E-state index is 0. The Bertz CT molecular complexity index is 495. The smallest absolute Gasteiger partial charge is 0.223 e. The summed E-state index contributed by atoms with van der Waals surface area (Å²) < 4.78 is 0. The molecule has 6 heteroatoms. The third-order valence-electron chi connectivity index (χ3n) is 6.38. The zero-order valence-corrected chi connectivity index (χ0v) is 18.0. The monoisotopic (exact) mass is 382 g/mol. The Hall–Kier alpha value is -1.14. The van der Waals surface area contributed by atoms with Gasteiger partial charge in [-0.3, -0.25) is 14.5 Å². The van der Waals surface area contributed by atoms with Crippen LogP contribution in [0.5, 0.6) is 0 Å². The van der Waals surface area contributed by atoms with Crippen LogP contribution in [-0.2, 0) is 9.59 Å². The molecule has 2 heterocycles. The van der Waals surface area contributed by atoms with E-state index in [2.05, 4.69) is 29.0 Å². The van der Waals surface area contributed by atoms with Crippen LogP contribution >= 0.6 is 0 Å². The Labute approximate surface area is 167 Å². The third-order valence-corrected chi connectivity index (χ3v) is 6.38. The minimum Gasteiger partial charge on any atom is -0.353 e. The molecule has 0 aromatic carbocycles. The zero-order chi connectivity index (χ0) is 20.0. The first kappa shape index (κ1) is 22.2. The average Bonchev–Trinajstić information content (AvgIpc) is 3.23. The molecular formula is C21H42N4O2. The van der Waals surface area contributed by atoms with Crippen LogP contribution in [-0.4, -0.2) is 84.4 Å². The molecule has 3 rings (SSSR count). The Kier molecular flexibility index (Phi) is 8.55. The molecule has 2 aliphatic heterocycles. The van der Waals surface area contributed by atoms with Crippen LogP contribution < -0.4 is 5.32 Å². The molecule has 27 heavy (non-hydrogen) atoms. The molecule has 2 saturated heterocycles. The fraction of sp³-hybridized carbons (Fsp3) is 0.905. The lowest BCUT2D eigenvalue weighted by molar-refractivity contribution is -0.131. The summed E-state index contributed by atoms with van der Waals surface area (Å²) in [5.41, 5.74) is 0. The lowest BCUT2D eigenvalue weighted by Gasteiger charge is -2.37. The van der Waals surface area contributed by atoms with Gasteiger partial charge in [0, 0.05) is 78.6 Å². The summed E-state index contributed by atoms with van der Waals surface area (Å²) in [4.78, 5) is 30.9. The van der Waals surface area contributed by atoms with E-state index in [4.69, 9.17) is 0 Å². The average molecular weight is 383 g/mol. The summed E-state index contributed by atoms with van der Waals surface area (Å²) in [6.45, 7) is 17.0. The van der Waals surface area contributed by atoms with E-state index in [0.717, 1.165) is 58.7 Å². The van der Waals surface area contributed by atoms with Crippen molar-refractivity contribution in [3.8, 4) is 0 Å². The summed E-state index contributed by atoms with van der Waals surface area (Å²) in [5.74, 6) is 1.39. The number of hydrogen-bond acceptors (Lipinski definition) is 4. The number of nitrogens with zero attached hydrogens (tertiary/aromatic N) is 3. The standard InChI is InChI=1S/C19H34N4O2.C2H6.H2/c1-14(2)22-10-8-21(9-11-22)7-6-19(25)23-12-16-4-5-18(17(16)13-23)20-15(3)24;1-2;/h14,16-18H,4-13H2,1-3H3,(H,20,24);1-2H3;1H. The molecule has 1 saturated carbocycles. The third kappa shape index (κ3) is 5.92. The highest BCUT2D eigenvalue weighted by atomic mass is 16.2. The maximum Gasteiger partial charge on any atom is 0.223 e. The van der Waals surface area contributed by atoms with Gasteiger partial charge in [-0.25, -0.2) is 0 Å². The Morgan fingerprint density at radius 2 is 1.74 bits per heavy atom. The molecule has 0 aromatic heterocycles. The number of fused-ring (bicyclic) bond motifs is 1. The predicted octanol–water partition coefficient (Wildman–Crippen LogP) is 2.05. The summed E-state index contributed by atoms with van der Waals surface area (Å²) in [6, 6.07) is 0.883. The van der Waals surface area contributed by atoms with Gasteiger partial charge in [-0.1, -0.05) is 13.8 Å². The van der Waals surface area contributed by atoms with Crippen molar-refractivity contribution in [3.63, 3.8) is 0 Å². The van der Waals surface area contributed by atoms with Gasteiger partial charge in [0.1, 0.15) is 0 Å². The molecular weight excluding hydrogens is 340 g/mol. The second-order valence-corrected chi connectivity index (χ2v) is 8.33. The van der Waals surface area contributed by atoms with E-state index in [1.807, 2.05) is 18.7 Å². The molecule has 0 bridgehead atoms. The van der Waals surface area contributed by atoms with Crippen molar-refractivity contribution in [2.24, 2.45) is 11.8 Å². The largest absolute Gasteiger partial charge is 0.353 e. The van der Waals surface area contributed by atoms with Crippen LogP contribution in [0.1, 0.15) is 55.3 Å². The van der Waals surface area contributed by atoms with Crippen LogP contribution in [0.4, 0.5) is 0 Å². The molecule has 0 aromatic rings. The number of piperazine rings is 1. The van der Waals surface area contributed by atoms with E-state index in [1.54, 1.807) is 6.92 Å². The molecule has 1 N–H and O–H groups in total. The number of hydrogen-bond donors (Lipinski definition) is 1. The number of carbonyl (C=O) groups excluding carboxylic acids is 2. The second kappa shape index (κ2) is 10.4. The highest BCUT2D eigenvalue weighted by Gasteiger charge is 2.44. The fourth-order valence-electron chi connectivity index (χ4n) is 4.82. The van der Waals surface area contributed by atoms with Crippen LogP contribution in [0.3, 0.4) is 0 Å². The number of carbonyl (C=O) groups is 2. The van der Waals surface area contributed by atoms with Gasteiger partial charge in [-0.05, 0) is 32.6 Å². The predicted molar refractivity (Wildman–Crippen MR) is 112 cm³/mol. The van der Waals surface area contributed by atoms with Gasteiger partial charge in [-0.15, -0.1) is 0 Å². The van der Waals surface area contributed by atoms with E-state index in [0.29, 0.717) is 30.2 Å². The van der Waals surface area contributed by atoms with Crippen molar-refractivity contribution in [2.75, 3.05) is 45.8 Å². The molecule has 3 unspecified atom stereocenters. The topological polar surface area (TPSA) is 55.9 Å². The van der Waals surface area contributed by atoms with Gasteiger partial charge in [0.2, 0.25) is 11.8 Å². The first-order valence-electron chi connectivity index (χ1n) is 11.0. The van der Waals surface area contributed by atoms with Crippen LogP contribution in [0.15, 0.2) is 0 Å². The number of rotatable bonds is 5. The van der Waals surface area contributed by atoms with Gasteiger partial charge < -0.3 is 15.1 Å². The molecule has 6 nitrogen and oxygen atoms in total. The fourth-order valence-corrected chi connectivity index (χ4v) is 4.82. The molecule has 2 amide bonds. The van der Waals surface area contributed by atoms with Gasteiger partial charge in [-0.2, -0.15) is 0 Å². The first-order chi connectivity index (χ1) is 12.9. The number of amides is 2. The molecule has 1 aliphatic carbocycles. The highest BCUT2D eigenvalue weighted by Crippen LogP contribution is 2.38. The number of nitrogens with one attached hydrogen (secondary N) is 1. The highest BCUT2D eigenvalue weighted by molar-refractivity contribution is 5.77. The van der Waals surface area contributed by atoms with E-state index in [9.17, 15) is 9.59 Å². The van der Waals surface area contributed by atoms with Crippen molar-refractivity contribution in [1.29, 1.82) is 0 Å². The van der Waals surface area contributed by atoms with Gasteiger partial charge in [0.25, 0.3) is 0 Å². The van der Waals surface area contributed by atoms with Gasteiger partial charge in [0.05, 0.1) is 0 Å². The van der Waals surface area contributed by atoms with E-state index in [1.165, 1.54) is 0 Å². The molecule has 158 valence electrons. The van der Waals surface area contributed by atoms with Gasteiger partial charge in [0.15, 0.2) is 0 Å². The Balaban J connectivity index is 0.00000127. The Morgan fingerprint density at radius 1 is 1.07 bits per heavy atom.